The summed E-state index contributed by atoms with van der Waals surface area (Å²) in [5, 5.41) is 0. The fourth-order valence-corrected chi connectivity index (χ4v) is 5.43. The summed E-state index contributed by atoms with van der Waals surface area (Å²) < 4.78 is 27.5. The number of unbranched alkanes of at least 4 members (excludes halogenated alkanes) is 6. The van der Waals surface area contributed by atoms with Crippen LogP contribution >= 0.6 is 0 Å². The third kappa shape index (κ3) is 6.79. The maximum atomic E-state index is 13.8. The molecule has 2 aliphatic carbocycles. The van der Waals surface area contributed by atoms with E-state index >= 15 is 0 Å². The molecule has 0 heterocycles. The lowest BCUT2D eigenvalue weighted by Crippen LogP contribution is -2.25. The second-order valence-corrected chi connectivity index (χ2v) is 9.27. The molecule has 0 saturated heterocycles. The first-order valence-electron chi connectivity index (χ1n) is 12.0. The second kappa shape index (κ2) is 11.7. The van der Waals surface area contributed by atoms with Crippen LogP contribution in [0.1, 0.15) is 95.5 Å². The smallest absolute Gasteiger partial charge is 0.126 e. The Morgan fingerprint density at radius 1 is 0.759 bits per heavy atom. The number of hydrogen-bond donors (Lipinski definition) is 0. The average Bonchev–Trinajstić information content (AvgIpc) is 2.73. The third-order valence-electron chi connectivity index (χ3n) is 7.10. The minimum Gasteiger partial charge on any atom is -0.207 e. The molecule has 2 atom stereocenters. The lowest BCUT2D eigenvalue weighted by atomic mass is 9.68. The van der Waals surface area contributed by atoms with E-state index in [9.17, 15) is 8.78 Å². The first kappa shape index (κ1) is 22.2. The molecule has 29 heavy (non-hydrogen) atoms. The maximum absolute atomic E-state index is 13.8. The number of allylic oxidation sites excluding steroid dienone is 4. The van der Waals surface area contributed by atoms with Crippen molar-refractivity contribution in [1.29, 1.82) is 0 Å². The second-order valence-electron chi connectivity index (χ2n) is 9.27. The van der Waals surface area contributed by atoms with Gasteiger partial charge in [-0.3, -0.25) is 0 Å². The fraction of sp³-hybridized carbons (Fsp3) is 0.630. The molecule has 2 unspecified atom stereocenters. The van der Waals surface area contributed by atoms with Gasteiger partial charge in [-0.1, -0.05) is 95.4 Å². The average molecular weight is 401 g/mol. The molecule has 0 bridgehead atoms. The van der Waals surface area contributed by atoms with Crippen LogP contribution in [0.15, 0.2) is 42.5 Å². The van der Waals surface area contributed by atoms with Gasteiger partial charge in [0.1, 0.15) is 11.6 Å². The van der Waals surface area contributed by atoms with Crippen LogP contribution in [0.2, 0.25) is 0 Å². The Bertz CT molecular complexity index is 647. The maximum Gasteiger partial charge on any atom is 0.126 e. The van der Waals surface area contributed by atoms with Gasteiger partial charge in [0.15, 0.2) is 0 Å². The van der Waals surface area contributed by atoms with Gasteiger partial charge in [0.05, 0.1) is 0 Å². The van der Waals surface area contributed by atoms with Crippen molar-refractivity contribution in [2.75, 3.05) is 0 Å². The van der Waals surface area contributed by atoms with E-state index in [-0.39, 0.29) is 5.92 Å². The van der Waals surface area contributed by atoms with Gasteiger partial charge < -0.3 is 0 Å². The molecule has 0 N–H and O–H groups in total. The lowest BCUT2D eigenvalue weighted by Gasteiger charge is -2.37. The summed E-state index contributed by atoms with van der Waals surface area (Å²) in [5.41, 5.74) is 0.776. The van der Waals surface area contributed by atoms with Crippen LogP contribution in [0, 0.1) is 29.4 Å². The SMILES string of the molecule is CCCCCCCCCC1CCC(C2C=CC=CC2c2cc(F)cc(F)c2)CC1. The van der Waals surface area contributed by atoms with Crippen LogP contribution in [-0.4, -0.2) is 0 Å². The van der Waals surface area contributed by atoms with Gasteiger partial charge in [-0.05, 0) is 48.3 Å². The molecular weight excluding hydrogens is 362 g/mol. The Balaban J connectivity index is 1.45. The highest BCUT2D eigenvalue weighted by atomic mass is 19.1. The number of benzene rings is 1. The number of hydrogen-bond acceptors (Lipinski definition) is 0. The van der Waals surface area contributed by atoms with Crippen molar-refractivity contribution in [3.05, 3.63) is 59.7 Å². The van der Waals surface area contributed by atoms with E-state index in [2.05, 4.69) is 25.2 Å². The molecule has 1 saturated carbocycles. The van der Waals surface area contributed by atoms with E-state index in [4.69, 9.17) is 0 Å². The molecule has 1 aromatic carbocycles. The van der Waals surface area contributed by atoms with Crippen molar-refractivity contribution in [3.63, 3.8) is 0 Å². The normalized spacial score (nSPS) is 26.7. The van der Waals surface area contributed by atoms with Gasteiger partial charge in [0.25, 0.3) is 0 Å². The molecule has 0 aromatic heterocycles. The molecule has 0 nitrogen and oxygen atoms in total. The Kier molecular flexibility index (Phi) is 8.95. The summed E-state index contributed by atoms with van der Waals surface area (Å²) >= 11 is 0. The van der Waals surface area contributed by atoms with E-state index in [1.54, 1.807) is 0 Å². The molecule has 1 aromatic rings. The van der Waals surface area contributed by atoms with Crippen LogP contribution in [0.3, 0.4) is 0 Å². The minimum absolute atomic E-state index is 0.0925. The highest BCUT2D eigenvalue weighted by Crippen LogP contribution is 2.43. The lowest BCUT2D eigenvalue weighted by molar-refractivity contribution is 0.209. The molecule has 160 valence electrons. The predicted octanol–water partition coefficient (Wildman–Crippen LogP) is 8.74. The van der Waals surface area contributed by atoms with Gasteiger partial charge in [-0.15, -0.1) is 0 Å². The van der Waals surface area contributed by atoms with Gasteiger partial charge in [0, 0.05) is 12.0 Å². The molecular formula is C27H38F2. The zero-order chi connectivity index (χ0) is 20.5. The Labute approximate surface area is 176 Å². The highest BCUT2D eigenvalue weighted by molar-refractivity contribution is 5.32. The predicted molar refractivity (Wildman–Crippen MR) is 119 cm³/mol. The zero-order valence-electron chi connectivity index (χ0n) is 18.1. The Morgan fingerprint density at radius 2 is 1.38 bits per heavy atom. The largest absolute Gasteiger partial charge is 0.207 e. The summed E-state index contributed by atoms with van der Waals surface area (Å²) in [6, 6.07) is 3.99. The highest BCUT2D eigenvalue weighted by Gasteiger charge is 2.32. The standard InChI is InChI=1S/C27H38F2/c1-2-3-4-5-6-7-8-11-21-14-16-22(17-15-21)26-12-9-10-13-27(26)23-18-24(28)20-25(29)19-23/h9-10,12-13,18-22,26-27H,2-8,11,14-17H2,1H3. The van der Waals surface area contributed by atoms with Crippen molar-refractivity contribution in [3.8, 4) is 0 Å². The van der Waals surface area contributed by atoms with Crippen LogP contribution in [-0.2, 0) is 0 Å². The van der Waals surface area contributed by atoms with Crippen LogP contribution in [0.5, 0.6) is 0 Å². The van der Waals surface area contributed by atoms with Crippen molar-refractivity contribution >= 4 is 0 Å². The van der Waals surface area contributed by atoms with Gasteiger partial charge in [0.2, 0.25) is 0 Å². The third-order valence-corrected chi connectivity index (χ3v) is 7.10. The summed E-state index contributed by atoms with van der Waals surface area (Å²) in [6.07, 6.45) is 24.8. The van der Waals surface area contributed by atoms with E-state index in [0.29, 0.717) is 11.8 Å². The van der Waals surface area contributed by atoms with Crippen molar-refractivity contribution in [2.24, 2.45) is 17.8 Å². The van der Waals surface area contributed by atoms with Gasteiger partial charge >= 0.3 is 0 Å². The summed E-state index contributed by atoms with van der Waals surface area (Å²) in [6.45, 7) is 2.27. The quantitative estimate of drug-likeness (QED) is 0.344. The summed E-state index contributed by atoms with van der Waals surface area (Å²) in [5.74, 6) is 1.02. The molecule has 0 radical (unpaired) electrons. The van der Waals surface area contributed by atoms with E-state index in [0.717, 1.165) is 17.5 Å². The van der Waals surface area contributed by atoms with Gasteiger partial charge in [-0.2, -0.15) is 0 Å². The van der Waals surface area contributed by atoms with Crippen molar-refractivity contribution in [1.82, 2.24) is 0 Å². The van der Waals surface area contributed by atoms with Crippen LogP contribution in [0.4, 0.5) is 8.78 Å². The molecule has 0 aliphatic heterocycles. The Morgan fingerprint density at radius 3 is 2.07 bits per heavy atom. The molecule has 2 heteroatoms. The molecule has 0 amide bonds. The van der Waals surface area contributed by atoms with E-state index in [1.165, 1.54) is 89.2 Å². The first-order chi connectivity index (χ1) is 14.2. The monoisotopic (exact) mass is 400 g/mol. The first-order valence-corrected chi connectivity index (χ1v) is 12.0. The topological polar surface area (TPSA) is 0 Å². The fourth-order valence-electron chi connectivity index (χ4n) is 5.43. The van der Waals surface area contributed by atoms with Gasteiger partial charge in [-0.25, -0.2) is 8.78 Å². The number of rotatable bonds is 10. The van der Waals surface area contributed by atoms with E-state index in [1.807, 2.05) is 6.08 Å². The van der Waals surface area contributed by atoms with Crippen molar-refractivity contribution in [2.45, 2.75) is 89.9 Å². The van der Waals surface area contributed by atoms with E-state index < -0.39 is 11.6 Å². The minimum atomic E-state index is -0.472. The molecule has 0 spiro atoms. The molecule has 3 rings (SSSR count). The Hall–Kier alpha value is -1.44. The summed E-state index contributed by atoms with van der Waals surface area (Å²) in [4.78, 5) is 0. The zero-order valence-corrected chi connectivity index (χ0v) is 18.1. The summed E-state index contributed by atoms with van der Waals surface area (Å²) in [7, 11) is 0. The molecule has 2 aliphatic rings. The molecule has 1 fully saturated rings. The van der Waals surface area contributed by atoms with Crippen LogP contribution < -0.4 is 0 Å². The van der Waals surface area contributed by atoms with Crippen molar-refractivity contribution < 1.29 is 8.78 Å². The van der Waals surface area contributed by atoms with Crippen LogP contribution in [0.25, 0.3) is 0 Å². The number of halogens is 2.